The van der Waals surface area contributed by atoms with Crippen LogP contribution in [0.5, 0.6) is 0 Å². The molecule has 0 aliphatic carbocycles. The van der Waals surface area contributed by atoms with Crippen molar-refractivity contribution in [1.82, 2.24) is 24.6 Å². The fourth-order valence-electron chi connectivity index (χ4n) is 4.03. The molecule has 0 bridgehead atoms. The number of carbonyl (C=O) groups is 1. The molecule has 0 aliphatic heterocycles. The van der Waals surface area contributed by atoms with E-state index in [9.17, 15) is 10.1 Å². The van der Waals surface area contributed by atoms with Crippen LogP contribution in [0.15, 0.2) is 48.8 Å². The number of ketones is 1. The summed E-state index contributed by atoms with van der Waals surface area (Å²) in [5, 5.41) is 18.6. The number of hydrogen-bond acceptors (Lipinski definition) is 5. The minimum atomic E-state index is -0.109. The van der Waals surface area contributed by atoms with Gasteiger partial charge >= 0.3 is 0 Å². The van der Waals surface area contributed by atoms with E-state index in [1.165, 1.54) is 0 Å². The van der Waals surface area contributed by atoms with E-state index in [0.717, 1.165) is 40.7 Å². The van der Waals surface area contributed by atoms with Gasteiger partial charge in [0.05, 0.1) is 29.2 Å². The maximum atomic E-state index is 13.1. The number of carbonyl (C=O) groups excluding carboxylic acids is 1. The van der Waals surface area contributed by atoms with E-state index in [1.54, 1.807) is 6.20 Å². The largest absolute Gasteiger partial charge is 0.327 e. The Balaban J connectivity index is 1.66. The third-order valence-electron chi connectivity index (χ3n) is 5.76. The molecule has 2 aromatic heterocycles. The van der Waals surface area contributed by atoms with E-state index in [-0.39, 0.29) is 12.2 Å². The van der Waals surface area contributed by atoms with Gasteiger partial charge in [0.15, 0.2) is 5.82 Å². The van der Waals surface area contributed by atoms with Crippen LogP contribution < -0.4 is 5.32 Å². The molecule has 2 aromatic carbocycles. The minimum absolute atomic E-state index is 0.109. The maximum Gasteiger partial charge on any atom is 0.202 e. The number of nitrogens with one attached hydrogen (secondary N) is 1. The lowest BCUT2D eigenvalue weighted by molar-refractivity contribution is 0.0979. The van der Waals surface area contributed by atoms with Crippen molar-refractivity contribution in [1.29, 1.82) is 5.26 Å². The van der Waals surface area contributed by atoms with E-state index < -0.39 is 0 Å². The monoisotopic (exact) mass is 426 g/mol. The molecule has 4 aromatic rings. The topological polar surface area (TPSA) is 88.5 Å². The zero-order valence-electron chi connectivity index (χ0n) is 18.6. The van der Waals surface area contributed by atoms with Gasteiger partial charge in [0.2, 0.25) is 5.78 Å². The Labute approximate surface area is 187 Å². The van der Waals surface area contributed by atoms with Crippen LogP contribution in [-0.2, 0) is 27.1 Å². The molecule has 7 heteroatoms. The Morgan fingerprint density at radius 2 is 1.91 bits per heavy atom. The van der Waals surface area contributed by atoms with Crippen LogP contribution >= 0.6 is 0 Å². The van der Waals surface area contributed by atoms with Gasteiger partial charge in [0, 0.05) is 38.0 Å². The second-order valence-electron chi connectivity index (χ2n) is 7.87. The van der Waals surface area contributed by atoms with Crippen molar-refractivity contribution in [3.05, 3.63) is 71.4 Å². The lowest BCUT2D eigenvalue weighted by atomic mass is 9.92. The lowest BCUT2D eigenvalue weighted by Crippen LogP contribution is -2.18. The van der Waals surface area contributed by atoms with Crippen LogP contribution in [0.3, 0.4) is 0 Å². The molecule has 1 N–H and O–H groups in total. The van der Waals surface area contributed by atoms with Crippen LogP contribution in [-0.4, -0.2) is 31.7 Å². The summed E-state index contributed by atoms with van der Waals surface area (Å²) >= 11 is 0. The van der Waals surface area contributed by atoms with Gasteiger partial charge in [-0.15, -0.1) is 0 Å². The van der Waals surface area contributed by atoms with Gasteiger partial charge in [-0.3, -0.25) is 9.48 Å². The lowest BCUT2D eigenvalue weighted by Gasteiger charge is -2.11. The molecule has 2 heterocycles. The molecule has 7 nitrogen and oxygen atoms in total. The van der Waals surface area contributed by atoms with Crippen molar-refractivity contribution in [3.8, 4) is 17.2 Å². The Hall–Kier alpha value is -3.76. The normalized spacial score (nSPS) is 11.1. The average molecular weight is 427 g/mol. The van der Waals surface area contributed by atoms with Gasteiger partial charge in [-0.25, -0.2) is 4.98 Å². The minimum Gasteiger partial charge on any atom is -0.327 e. The van der Waals surface area contributed by atoms with E-state index in [1.807, 2.05) is 65.9 Å². The quantitative estimate of drug-likeness (QED) is 0.342. The van der Waals surface area contributed by atoms with Gasteiger partial charge in [-0.2, -0.15) is 10.4 Å². The third-order valence-corrected chi connectivity index (χ3v) is 5.76. The number of nitrogens with zero attached hydrogens (tertiary/aromatic N) is 5. The Bertz CT molecular complexity index is 1320. The van der Waals surface area contributed by atoms with Crippen LogP contribution in [0.2, 0.25) is 0 Å². The molecule has 0 unspecified atom stereocenters. The number of fused-ring (bicyclic) bond motifs is 1. The van der Waals surface area contributed by atoms with Gasteiger partial charge in [0.25, 0.3) is 0 Å². The van der Waals surface area contributed by atoms with Gasteiger partial charge < -0.3 is 9.88 Å². The average Bonchev–Trinajstić information content (AvgIpc) is 3.36. The van der Waals surface area contributed by atoms with Crippen molar-refractivity contribution in [2.24, 2.45) is 14.1 Å². The number of aromatic nitrogens is 4. The molecule has 0 atom stereocenters. The fourth-order valence-corrected chi connectivity index (χ4v) is 4.03. The first-order chi connectivity index (χ1) is 15.5. The molecule has 0 saturated heterocycles. The summed E-state index contributed by atoms with van der Waals surface area (Å²) in [6.07, 6.45) is 4.71. The van der Waals surface area contributed by atoms with E-state index in [2.05, 4.69) is 28.4 Å². The molecule has 162 valence electrons. The predicted octanol–water partition coefficient (Wildman–Crippen LogP) is 3.77. The van der Waals surface area contributed by atoms with Crippen LogP contribution in [0.1, 0.15) is 40.8 Å². The van der Waals surface area contributed by atoms with E-state index >= 15 is 0 Å². The predicted molar refractivity (Wildman–Crippen MR) is 124 cm³/mol. The summed E-state index contributed by atoms with van der Waals surface area (Å²) in [5.74, 6) is 0.296. The number of aryl methyl sites for hydroxylation is 1. The first-order valence-corrected chi connectivity index (χ1v) is 10.7. The highest BCUT2D eigenvalue weighted by molar-refractivity contribution is 5.98. The molecule has 0 radical (unpaired) electrons. The molecular formula is C25H26N6O. The summed E-state index contributed by atoms with van der Waals surface area (Å²) in [6.45, 7) is 3.69. The Morgan fingerprint density at radius 1 is 1.12 bits per heavy atom. The molecule has 4 rings (SSSR count). The summed E-state index contributed by atoms with van der Waals surface area (Å²) in [4.78, 5) is 17.4. The summed E-state index contributed by atoms with van der Waals surface area (Å²) in [6, 6.07) is 13.9. The highest BCUT2D eigenvalue weighted by Crippen LogP contribution is 2.32. The van der Waals surface area contributed by atoms with Crippen LogP contribution in [0, 0.1) is 11.3 Å². The van der Waals surface area contributed by atoms with Crippen LogP contribution in [0.25, 0.3) is 22.0 Å². The molecule has 0 aliphatic rings. The summed E-state index contributed by atoms with van der Waals surface area (Å²) in [5.41, 5.74) is 4.90. The zero-order valence-corrected chi connectivity index (χ0v) is 18.6. The van der Waals surface area contributed by atoms with Gasteiger partial charge in [0.1, 0.15) is 6.07 Å². The summed E-state index contributed by atoms with van der Waals surface area (Å²) in [7, 11) is 3.75. The molecule has 0 fully saturated rings. The molecule has 0 amide bonds. The van der Waals surface area contributed by atoms with Crippen molar-refractivity contribution < 1.29 is 4.79 Å². The van der Waals surface area contributed by atoms with Gasteiger partial charge in [-0.05, 0) is 30.2 Å². The van der Waals surface area contributed by atoms with E-state index in [0.29, 0.717) is 23.5 Å². The number of benzene rings is 2. The number of rotatable bonds is 8. The number of imidazole rings is 1. The Morgan fingerprint density at radius 3 is 2.69 bits per heavy atom. The molecule has 0 spiro atoms. The molecular weight excluding hydrogens is 400 g/mol. The molecule has 0 saturated carbocycles. The summed E-state index contributed by atoms with van der Waals surface area (Å²) < 4.78 is 3.64. The third kappa shape index (κ3) is 3.93. The SMILES string of the molecule is CCCNCc1cnc(C(=O)Cc2cccc(-c3cccc4c3cnn4C)c2C#N)n1C. The Kier molecular flexibility index (Phi) is 6.15. The first kappa shape index (κ1) is 21.5. The second kappa shape index (κ2) is 9.16. The highest BCUT2D eigenvalue weighted by Gasteiger charge is 2.19. The number of Topliss-reactive ketones (excluding diaryl/α,β-unsaturated/α-hetero) is 1. The highest BCUT2D eigenvalue weighted by atomic mass is 16.1. The van der Waals surface area contributed by atoms with Crippen molar-refractivity contribution in [2.45, 2.75) is 26.3 Å². The maximum absolute atomic E-state index is 13.1. The van der Waals surface area contributed by atoms with Crippen LogP contribution in [0.4, 0.5) is 0 Å². The van der Waals surface area contributed by atoms with Crippen molar-refractivity contribution in [2.75, 3.05) is 6.54 Å². The second-order valence-corrected chi connectivity index (χ2v) is 7.87. The molecule has 32 heavy (non-hydrogen) atoms. The van der Waals surface area contributed by atoms with Crippen molar-refractivity contribution >= 4 is 16.7 Å². The fraction of sp³-hybridized carbons (Fsp3) is 0.280. The van der Waals surface area contributed by atoms with Crippen molar-refractivity contribution in [3.63, 3.8) is 0 Å². The van der Waals surface area contributed by atoms with E-state index in [4.69, 9.17) is 0 Å². The standard InChI is InChI=1S/C25H26N6O/c1-4-11-27-14-18-15-28-25(30(18)2)24(32)12-17-7-5-8-19(21(17)13-26)20-9-6-10-23-22(20)16-29-31(23)3/h5-10,15-16,27H,4,11-12,14H2,1-3H3. The number of nitriles is 1. The first-order valence-electron chi connectivity index (χ1n) is 10.7. The number of hydrogen-bond donors (Lipinski definition) is 1. The van der Waals surface area contributed by atoms with Gasteiger partial charge in [-0.1, -0.05) is 37.3 Å². The zero-order chi connectivity index (χ0) is 22.7. The smallest absolute Gasteiger partial charge is 0.202 e.